The molecule has 66 valence electrons. The fraction of sp³-hybridized carbons (Fsp3) is 1.00. The van der Waals surface area contributed by atoms with E-state index in [0.717, 1.165) is 38.6 Å². The molecule has 0 saturated heterocycles. The summed E-state index contributed by atoms with van der Waals surface area (Å²) in [6, 6.07) is 0. The van der Waals surface area contributed by atoms with E-state index in [-0.39, 0.29) is 0 Å². The molecular weight excluding hydrogens is 161 g/mol. The summed E-state index contributed by atoms with van der Waals surface area (Å²) in [5.74, 6) is 0. The fourth-order valence-electron chi connectivity index (χ4n) is 0.922. The molecule has 4 heteroatoms. The second-order valence-electron chi connectivity index (χ2n) is 2.63. The van der Waals surface area contributed by atoms with E-state index in [9.17, 15) is 4.57 Å². The first-order valence-corrected chi connectivity index (χ1v) is 5.50. The maximum atomic E-state index is 10.2. The van der Waals surface area contributed by atoms with Crippen LogP contribution in [-0.2, 0) is 4.57 Å². The van der Waals surface area contributed by atoms with E-state index in [1.165, 1.54) is 0 Å². The van der Waals surface area contributed by atoms with Gasteiger partial charge >= 0.3 is 8.03 Å². The molecular formula is C7H17NO2P+. The maximum absolute atomic E-state index is 10.2. The van der Waals surface area contributed by atoms with Crippen molar-refractivity contribution in [3.63, 3.8) is 0 Å². The van der Waals surface area contributed by atoms with Crippen LogP contribution in [0.4, 0.5) is 0 Å². The molecule has 0 spiro atoms. The number of hydrogen-bond donors (Lipinski definition) is 2. The Morgan fingerprint density at radius 2 is 1.64 bits per heavy atom. The molecule has 0 aromatic rings. The predicted octanol–water partition coefficient (Wildman–Crippen LogP) is 1.63. The molecule has 3 N–H and O–H groups in total. The van der Waals surface area contributed by atoms with Gasteiger partial charge in [-0.05, 0) is 30.4 Å². The Labute approximate surface area is 68.9 Å². The van der Waals surface area contributed by atoms with E-state index >= 15 is 0 Å². The molecule has 11 heavy (non-hydrogen) atoms. The first kappa shape index (κ1) is 11.0. The average molecular weight is 178 g/mol. The maximum Gasteiger partial charge on any atom is 0.505 e. The highest BCUT2D eigenvalue weighted by molar-refractivity contribution is 7.37. The van der Waals surface area contributed by atoms with Gasteiger partial charge in [0.1, 0.15) is 0 Å². The Morgan fingerprint density at radius 3 is 2.18 bits per heavy atom. The van der Waals surface area contributed by atoms with Gasteiger partial charge in [-0.2, -0.15) is 4.89 Å². The average Bonchev–Trinajstić information content (AvgIpc) is 1.96. The van der Waals surface area contributed by atoms with Gasteiger partial charge in [0, 0.05) is 0 Å². The number of nitrogens with two attached hydrogens (primary N) is 1. The van der Waals surface area contributed by atoms with Crippen molar-refractivity contribution in [1.29, 1.82) is 0 Å². The lowest BCUT2D eigenvalue weighted by molar-refractivity contribution is 0.499. The summed E-state index contributed by atoms with van der Waals surface area (Å²) in [6.45, 7) is 0.758. The third-order valence-corrected chi connectivity index (χ3v) is 2.25. The minimum Gasteiger partial charge on any atom is -0.330 e. The Kier molecular flexibility index (Phi) is 8.13. The summed E-state index contributed by atoms with van der Waals surface area (Å²) >= 11 is 0. The van der Waals surface area contributed by atoms with Crippen LogP contribution in [0.3, 0.4) is 0 Å². The van der Waals surface area contributed by atoms with E-state index < -0.39 is 8.03 Å². The van der Waals surface area contributed by atoms with Gasteiger partial charge < -0.3 is 5.73 Å². The molecule has 0 radical (unpaired) electrons. The quantitative estimate of drug-likeness (QED) is 0.460. The van der Waals surface area contributed by atoms with Crippen molar-refractivity contribution >= 4 is 8.03 Å². The molecule has 0 saturated carbocycles. The van der Waals surface area contributed by atoms with Crippen LogP contribution in [0.1, 0.15) is 32.1 Å². The standard InChI is InChI=1S/C7H16NO2P/c8-6-4-2-1-3-5-7-11(9)10/h1-8H2/p+1. The van der Waals surface area contributed by atoms with Crippen LogP contribution >= 0.6 is 8.03 Å². The topological polar surface area (TPSA) is 63.3 Å². The Morgan fingerprint density at radius 1 is 1.09 bits per heavy atom. The van der Waals surface area contributed by atoms with Gasteiger partial charge in [-0.1, -0.05) is 12.8 Å². The lowest BCUT2D eigenvalue weighted by Gasteiger charge is -1.94. The van der Waals surface area contributed by atoms with E-state index in [1.807, 2.05) is 0 Å². The van der Waals surface area contributed by atoms with Crippen molar-refractivity contribution in [2.24, 2.45) is 5.73 Å². The molecule has 0 aromatic carbocycles. The lowest BCUT2D eigenvalue weighted by atomic mass is 10.2. The highest BCUT2D eigenvalue weighted by atomic mass is 31.1. The van der Waals surface area contributed by atoms with E-state index in [0.29, 0.717) is 6.16 Å². The largest absolute Gasteiger partial charge is 0.505 e. The minimum absolute atomic E-state index is 0.456. The monoisotopic (exact) mass is 178 g/mol. The van der Waals surface area contributed by atoms with Gasteiger partial charge in [0.25, 0.3) is 0 Å². The molecule has 0 rings (SSSR count). The molecule has 0 heterocycles. The second kappa shape index (κ2) is 8.12. The van der Waals surface area contributed by atoms with Crippen molar-refractivity contribution in [2.75, 3.05) is 12.7 Å². The highest BCUT2D eigenvalue weighted by Crippen LogP contribution is 2.16. The summed E-state index contributed by atoms with van der Waals surface area (Å²) in [5, 5.41) is 0. The first-order chi connectivity index (χ1) is 5.27. The van der Waals surface area contributed by atoms with Gasteiger partial charge in [-0.25, -0.2) is 0 Å². The van der Waals surface area contributed by atoms with Gasteiger partial charge in [0.15, 0.2) is 6.16 Å². The number of hydrogen-bond acceptors (Lipinski definition) is 2. The smallest absolute Gasteiger partial charge is 0.330 e. The van der Waals surface area contributed by atoms with Crippen molar-refractivity contribution in [1.82, 2.24) is 0 Å². The molecule has 0 aliphatic rings. The summed E-state index contributed by atoms with van der Waals surface area (Å²) in [5.41, 5.74) is 5.30. The molecule has 3 nitrogen and oxygen atoms in total. The molecule has 1 atom stereocenters. The second-order valence-corrected chi connectivity index (χ2v) is 3.78. The molecule has 0 aliphatic heterocycles. The molecule has 0 aromatic heterocycles. The van der Waals surface area contributed by atoms with Gasteiger partial charge in [-0.15, -0.1) is 0 Å². The molecule has 0 bridgehead atoms. The van der Waals surface area contributed by atoms with Gasteiger partial charge in [-0.3, -0.25) is 0 Å². The van der Waals surface area contributed by atoms with Crippen LogP contribution in [0.2, 0.25) is 0 Å². The number of rotatable bonds is 7. The minimum atomic E-state index is -1.90. The normalized spacial score (nSPS) is 11.6. The van der Waals surface area contributed by atoms with Crippen LogP contribution in [0, 0.1) is 0 Å². The lowest BCUT2D eigenvalue weighted by Crippen LogP contribution is -1.97. The first-order valence-electron chi connectivity index (χ1n) is 4.11. The summed E-state index contributed by atoms with van der Waals surface area (Å²) in [4.78, 5) is 8.44. The Balaban J connectivity index is 2.85. The zero-order valence-corrected chi connectivity index (χ0v) is 7.72. The van der Waals surface area contributed by atoms with Crippen molar-refractivity contribution in [3.8, 4) is 0 Å². The summed E-state index contributed by atoms with van der Waals surface area (Å²) in [6.07, 6.45) is 5.75. The van der Waals surface area contributed by atoms with Crippen LogP contribution in [-0.4, -0.2) is 17.6 Å². The summed E-state index contributed by atoms with van der Waals surface area (Å²) < 4.78 is 10.2. The zero-order chi connectivity index (χ0) is 8.53. The Bertz CT molecular complexity index is 109. The summed E-state index contributed by atoms with van der Waals surface area (Å²) in [7, 11) is -1.90. The van der Waals surface area contributed by atoms with Crippen molar-refractivity contribution in [3.05, 3.63) is 0 Å². The molecule has 0 aliphatic carbocycles. The van der Waals surface area contributed by atoms with Crippen LogP contribution < -0.4 is 5.73 Å². The Hall–Kier alpha value is 0.0200. The molecule has 1 unspecified atom stereocenters. The van der Waals surface area contributed by atoms with E-state index in [4.69, 9.17) is 10.6 Å². The SMILES string of the molecule is NCCCCCCC[P+](=O)O. The van der Waals surface area contributed by atoms with E-state index in [2.05, 4.69) is 0 Å². The van der Waals surface area contributed by atoms with Crippen molar-refractivity contribution < 1.29 is 9.46 Å². The van der Waals surface area contributed by atoms with Crippen molar-refractivity contribution in [2.45, 2.75) is 32.1 Å². The third kappa shape index (κ3) is 10.0. The zero-order valence-electron chi connectivity index (χ0n) is 6.83. The van der Waals surface area contributed by atoms with Crippen LogP contribution in [0.25, 0.3) is 0 Å². The van der Waals surface area contributed by atoms with Crippen LogP contribution in [0.5, 0.6) is 0 Å². The molecule has 0 amide bonds. The highest BCUT2D eigenvalue weighted by Gasteiger charge is 2.07. The fourth-order valence-corrected chi connectivity index (χ4v) is 1.42. The molecule has 0 fully saturated rings. The third-order valence-electron chi connectivity index (χ3n) is 1.55. The predicted molar refractivity (Wildman–Crippen MR) is 46.8 cm³/mol. The van der Waals surface area contributed by atoms with E-state index in [1.54, 1.807) is 0 Å². The number of unbranched alkanes of at least 4 members (excludes halogenated alkanes) is 4. The van der Waals surface area contributed by atoms with Gasteiger partial charge in [0.2, 0.25) is 0 Å². The van der Waals surface area contributed by atoms with Gasteiger partial charge in [0.05, 0.1) is 0 Å². The van der Waals surface area contributed by atoms with Crippen LogP contribution in [0.15, 0.2) is 0 Å².